The molecule has 1 rings (SSSR count). The van der Waals surface area contributed by atoms with Crippen molar-refractivity contribution in [3.63, 3.8) is 0 Å². The lowest BCUT2D eigenvalue weighted by molar-refractivity contribution is -0.121. The molecule has 1 aromatic rings. The Morgan fingerprint density at radius 3 is 2.41 bits per heavy atom. The summed E-state index contributed by atoms with van der Waals surface area (Å²) in [5, 5.41) is 2.56. The maximum atomic E-state index is 11.3. The van der Waals surface area contributed by atoms with Crippen LogP contribution in [0, 0.1) is 0 Å². The number of nitrogens with two attached hydrogens (primary N) is 1. The van der Waals surface area contributed by atoms with E-state index < -0.39 is 6.04 Å². The van der Waals surface area contributed by atoms with Gasteiger partial charge in [-0.15, -0.1) is 0 Å². The van der Waals surface area contributed by atoms with Crippen molar-refractivity contribution >= 4 is 5.91 Å². The number of carbonyl (C=O) groups excluding carboxylic acids is 1. The van der Waals surface area contributed by atoms with Crippen molar-refractivity contribution < 1.29 is 4.79 Å². The fraction of sp³-hybridized carbons (Fsp3) is 0.500. The van der Waals surface area contributed by atoms with Gasteiger partial charge in [0.2, 0.25) is 5.91 Å². The molecule has 17 heavy (non-hydrogen) atoms. The van der Waals surface area contributed by atoms with Crippen LogP contribution in [-0.4, -0.2) is 19.0 Å². The first-order valence-electron chi connectivity index (χ1n) is 6.14. The predicted octanol–water partition coefficient (Wildman–Crippen LogP) is 1.82. The third-order valence-corrected chi connectivity index (χ3v) is 3.20. The van der Waals surface area contributed by atoms with Crippen LogP contribution in [0.1, 0.15) is 37.3 Å². The van der Waals surface area contributed by atoms with E-state index in [2.05, 4.69) is 43.4 Å². The Morgan fingerprint density at radius 2 is 1.94 bits per heavy atom. The van der Waals surface area contributed by atoms with Crippen molar-refractivity contribution in [2.45, 2.75) is 38.6 Å². The molecule has 0 fully saturated rings. The number of likely N-dealkylation sites (N-methyl/N-ethyl adjacent to an activating group) is 1. The second-order valence-corrected chi connectivity index (χ2v) is 4.48. The van der Waals surface area contributed by atoms with Gasteiger partial charge in [0.1, 0.15) is 0 Å². The SMILES string of the molecule is CCC(C)c1ccc(CC(N)C(=O)NC)cc1. The van der Waals surface area contributed by atoms with Crippen LogP contribution in [0.2, 0.25) is 0 Å². The van der Waals surface area contributed by atoms with Crippen molar-refractivity contribution in [1.29, 1.82) is 0 Å². The summed E-state index contributed by atoms with van der Waals surface area (Å²) in [6.45, 7) is 4.39. The van der Waals surface area contributed by atoms with Crippen molar-refractivity contribution in [2.75, 3.05) is 7.05 Å². The average Bonchev–Trinajstić information content (AvgIpc) is 2.37. The lowest BCUT2D eigenvalue weighted by Crippen LogP contribution is -2.40. The van der Waals surface area contributed by atoms with Gasteiger partial charge in [0, 0.05) is 7.05 Å². The van der Waals surface area contributed by atoms with E-state index in [-0.39, 0.29) is 5.91 Å². The molecule has 0 saturated carbocycles. The molecule has 3 nitrogen and oxygen atoms in total. The number of carbonyl (C=O) groups is 1. The summed E-state index contributed by atoms with van der Waals surface area (Å²) in [4.78, 5) is 11.3. The van der Waals surface area contributed by atoms with Gasteiger partial charge in [0.05, 0.1) is 6.04 Å². The third-order valence-electron chi connectivity index (χ3n) is 3.20. The maximum absolute atomic E-state index is 11.3. The number of hydrogen-bond donors (Lipinski definition) is 2. The van der Waals surface area contributed by atoms with Crippen LogP contribution >= 0.6 is 0 Å². The van der Waals surface area contributed by atoms with Crippen LogP contribution < -0.4 is 11.1 Å². The van der Waals surface area contributed by atoms with E-state index in [1.807, 2.05) is 0 Å². The van der Waals surface area contributed by atoms with Gasteiger partial charge in [-0.25, -0.2) is 0 Å². The van der Waals surface area contributed by atoms with E-state index >= 15 is 0 Å². The Hall–Kier alpha value is -1.35. The molecule has 3 heteroatoms. The largest absolute Gasteiger partial charge is 0.358 e. The molecular formula is C14H22N2O. The minimum Gasteiger partial charge on any atom is -0.358 e. The molecule has 0 spiro atoms. The van der Waals surface area contributed by atoms with Crippen molar-refractivity contribution in [3.05, 3.63) is 35.4 Å². The fourth-order valence-electron chi connectivity index (χ4n) is 1.75. The van der Waals surface area contributed by atoms with Gasteiger partial charge in [0.25, 0.3) is 0 Å². The van der Waals surface area contributed by atoms with Gasteiger partial charge >= 0.3 is 0 Å². The summed E-state index contributed by atoms with van der Waals surface area (Å²) in [5.74, 6) is 0.465. The second kappa shape index (κ2) is 6.40. The Kier molecular flexibility index (Phi) is 5.16. The molecule has 0 aliphatic rings. The summed E-state index contributed by atoms with van der Waals surface area (Å²) in [5.41, 5.74) is 8.21. The summed E-state index contributed by atoms with van der Waals surface area (Å²) < 4.78 is 0. The molecule has 0 aliphatic heterocycles. The lowest BCUT2D eigenvalue weighted by Gasteiger charge is -2.12. The van der Waals surface area contributed by atoms with Crippen LogP contribution in [0.4, 0.5) is 0 Å². The monoisotopic (exact) mass is 234 g/mol. The fourth-order valence-corrected chi connectivity index (χ4v) is 1.75. The van der Waals surface area contributed by atoms with Crippen molar-refractivity contribution in [1.82, 2.24) is 5.32 Å². The molecule has 1 aromatic carbocycles. The molecule has 2 atom stereocenters. The Bertz CT molecular complexity index is 359. The van der Waals surface area contributed by atoms with Crippen LogP contribution in [0.25, 0.3) is 0 Å². The highest BCUT2D eigenvalue weighted by Crippen LogP contribution is 2.19. The predicted molar refractivity (Wildman–Crippen MR) is 70.9 cm³/mol. The molecule has 2 unspecified atom stereocenters. The number of benzene rings is 1. The van der Waals surface area contributed by atoms with E-state index in [4.69, 9.17) is 5.73 Å². The minimum atomic E-state index is -0.463. The quantitative estimate of drug-likeness (QED) is 0.816. The van der Waals surface area contributed by atoms with Crippen molar-refractivity contribution in [3.8, 4) is 0 Å². The third kappa shape index (κ3) is 3.86. The summed E-state index contributed by atoms with van der Waals surface area (Å²) in [7, 11) is 1.61. The minimum absolute atomic E-state index is 0.115. The molecule has 0 aliphatic carbocycles. The van der Waals surface area contributed by atoms with Crippen LogP contribution in [-0.2, 0) is 11.2 Å². The van der Waals surface area contributed by atoms with Gasteiger partial charge in [-0.2, -0.15) is 0 Å². The van der Waals surface area contributed by atoms with E-state index in [0.717, 1.165) is 12.0 Å². The molecule has 1 amide bonds. The molecule has 3 N–H and O–H groups in total. The van der Waals surface area contributed by atoms with Gasteiger partial charge in [0.15, 0.2) is 0 Å². The molecule has 0 radical (unpaired) electrons. The zero-order valence-corrected chi connectivity index (χ0v) is 10.9. The first-order valence-corrected chi connectivity index (χ1v) is 6.14. The molecule has 0 saturated heterocycles. The molecular weight excluding hydrogens is 212 g/mol. The van der Waals surface area contributed by atoms with E-state index in [1.165, 1.54) is 5.56 Å². The summed E-state index contributed by atoms with van der Waals surface area (Å²) in [6, 6.07) is 7.91. The van der Waals surface area contributed by atoms with Crippen LogP contribution in [0.5, 0.6) is 0 Å². The van der Waals surface area contributed by atoms with Gasteiger partial charge < -0.3 is 11.1 Å². The van der Waals surface area contributed by atoms with Gasteiger partial charge in [-0.05, 0) is 29.9 Å². The standard InChI is InChI=1S/C14H22N2O/c1-4-10(2)12-7-5-11(6-8-12)9-13(15)14(17)16-3/h5-8,10,13H,4,9,15H2,1-3H3,(H,16,17). The maximum Gasteiger partial charge on any atom is 0.237 e. The summed E-state index contributed by atoms with van der Waals surface area (Å²) in [6.07, 6.45) is 1.72. The lowest BCUT2D eigenvalue weighted by atomic mass is 9.96. The highest BCUT2D eigenvalue weighted by atomic mass is 16.2. The topological polar surface area (TPSA) is 55.1 Å². The van der Waals surface area contributed by atoms with E-state index in [9.17, 15) is 4.79 Å². The number of rotatable bonds is 5. The van der Waals surface area contributed by atoms with E-state index in [0.29, 0.717) is 12.3 Å². The summed E-state index contributed by atoms with van der Waals surface area (Å²) >= 11 is 0. The van der Waals surface area contributed by atoms with Crippen LogP contribution in [0.3, 0.4) is 0 Å². The number of hydrogen-bond acceptors (Lipinski definition) is 2. The Morgan fingerprint density at radius 1 is 1.35 bits per heavy atom. The van der Waals surface area contributed by atoms with Crippen molar-refractivity contribution in [2.24, 2.45) is 5.73 Å². The number of nitrogens with one attached hydrogen (secondary N) is 1. The molecule has 0 aromatic heterocycles. The normalized spacial score (nSPS) is 14.1. The molecule has 94 valence electrons. The molecule has 0 heterocycles. The van der Waals surface area contributed by atoms with Gasteiger partial charge in [-0.1, -0.05) is 38.1 Å². The zero-order chi connectivity index (χ0) is 12.8. The highest BCUT2D eigenvalue weighted by Gasteiger charge is 2.12. The highest BCUT2D eigenvalue weighted by molar-refractivity contribution is 5.81. The first kappa shape index (κ1) is 13.7. The zero-order valence-electron chi connectivity index (χ0n) is 10.9. The van der Waals surface area contributed by atoms with E-state index in [1.54, 1.807) is 7.05 Å². The Balaban J connectivity index is 2.65. The smallest absolute Gasteiger partial charge is 0.237 e. The number of amides is 1. The molecule has 0 bridgehead atoms. The van der Waals surface area contributed by atoms with Crippen LogP contribution in [0.15, 0.2) is 24.3 Å². The Labute approximate surface area is 103 Å². The average molecular weight is 234 g/mol. The second-order valence-electron chi connectivity index (χ2n) is 4.48. The van der Waals surface area contributed by atoms with Gasteiger partial charge in [-0.3, -0.25) is 4.79 Å². The first-order chi connectivity index (χ1) is 8.08.